The van der Waals surface area contributed by atoms with E-state index in [2.05, 4.69) is 17.2 Å². The first-order chi connectivity index (χ1) is 14.3. The zero-order chi connectivity index (χ0) is 22.0. The fraction of sp³-hybridized carbons (Fsp3) is 0.217. The molecule has 2 aromatic rings. The third-order valence-electron chi connectivity index (χ3n) is 4.00. The highest BCUT2D eigenvalue weighted by Gasteiger charge is 2.43. The fourth-order valence-corrected chi connectivity index (χ4v) is 2.52. The van der Waals surface area contributed by atoms with E-state index in [1.54, 1.807) is 43.3 Å². The standard InChI is InChI=1S/C23H21F3N2O2/c1-2-21(29)27-16-8-14-19-13-6-7-15-20(19)28(22(30)23(24,25)26)17-9-12-18-10-4-3-5-11-18/h3-7,9-13,15H,2,16-17H2,1H3,(H,27,29)/b12-9+. The molecule has 0 bridgehead atoms. The smallest absolute Gasteiger partial charge is 0.345 e. The van der Waals surface area contributed by atoms with E-state index in [0.717, 1.165) is 5.56 Å². The molecule has 0 heterocycles. The van der Waals surface area contributed by atoms with Crippen LogP contribution in [-0.2, 0) is 9.59 Å². The molecule has 0 aliphatic heterocycles. The highest BCUT2D eigenvalue weighted by atomic mass is 19.4. The van der Waals surface area contributed by atoms with Gasteiger partial charge in [-0.3, -0.25) is 14.5 Å². The lowest BCUT2D eigenvalue weighted by molar-refractivity contribution is -0.170. The van der Waals surface area contributed by atoms with Crippen molar-refractivity contribution in [3.8, 4) is 11.8 Å². The predicted molar refractivity (Wildman–Crippen MR) is 111 cm³/mol. The van der Waals surface area contributed by atoms with Crippen LogP contribution in [0.5, 0.6) is 0 Å². The molecule has 7 heteroatoms. The number of benzene rings is 2. The molecule has 0 fully saturated rings. The fourth-order valence-electron chi connectivity index (χ4n) is 2.52. The van der Waals surface area contributed by atoms with E-state index in [-0.39, 0.29) is 30.2 Å². The van der Waals surface area contributed by atoms with Gasteiger partial charge in [-0.05, 0) is 17.7 Å². The number of halogens is 3. The summed E-state index contributed by atoms with van der Waals surface area (Å²) in [5.74, 6) is 3.28. The maximum atomic E-state index is 13.2. The van der Waals surface area contributed by atoms with Crippen molar-refractivity contribution in [2.45, 2.75) is 19.5 Å². The van der Waals surface area contributed by atoms with E-state index in [0.29, 0.717) is 11.3 Å². The maximum absolute atomic E-state index is 13.2. The molecule has 0 saturated heterocycles. The number of rotatable bonds is 6. The number of nitrogens with one attached hydrogen (secondary N) is 1. The summed E-state index contributed by atoms with van der Waals surface area (Å²) in [6.07, 6.45) is -1.59. The second-order valence-electron chi connectivity index (χ2n) is 6.18. The Kier molecular flexibility index (Phi) is 8.24. The summed E-state index contributed by atoms with van der Waals surface area (Å²) in [6.45, 7) is 1.47. The summed E-state index contributed by atoms with van der Waals surface area (Å²) in [6, 6.07) is 15.1. The molecule has 0 atom stereocenters. The minimum Gasteiger partial charge on any atom is -0.345 e. The van der Waals surface area contributed by atoms with E-state index >= 15 is 0 Å². The number of carbonyl (C=O) groups excluding carboxylic acids is 2. The van der Waals surface area contributed by atoms with Crippen LogP contribution in [0.3, 0.4) is 0 Å². The van der Waals surface area contributed by atoms with Crippen molar-refractivity contribution in [3.63, 3.8) is 0 Å². The monoisotopic (exact) mass is 414 g/mol. The first-order valence-corrected chi connectivity index (χ1v) is 9.27. The van der Waals surface area contributed by atoms with Crippen LogP contribution < -0.4 is 10.2 Å². The van der Waals surface area contributed by atoms with Crippen molar-refractivity contribution >= 4 is 23.6 Å². The van der Waals surface area contributed by atoms with Gasteiger partial charge in [-0.2, -0.15) is 13.2 Å². The molecule has 2 aromatic carbocycles. The predicted octanol–water partition coefficient (Wildman–Crippen LogP) is 4.17. The van der Waals surface area contributed by atoms with Crippen molar-refractivity contribution in [2.24, 2.45) is 0 Å². The Morgan fingerprint density at radius 3 is 2.40 bits per heavy atom. The summed E-state index contributed by atoms with van der Waals surface area (Å²) in [5.41, 5.74) is 1.11. The first kappa shape index (κ1) is 22.8. The van der Waals surface area contributed by atoms with Crippen molar-refractivity contribution in [1.29, 1.82) is 0 Å². The largest absolute Gasteiger partial charge is 0.471 e. The van der Waals surface area contributed by atoms with Crippen molar-refractivity contribution in [1.82, 2.24) is 5.32 Å². The molecule has 0 aromatic heterocycles. The number of hydrogen-bond acceptors (Lipinski definition) is 2. The van der Waals surface area contributed by atoms with E-state index in [1.165, 1.54) is 24.3 Å². The molecule has 0 spiro atoms. The summed E-state index contributed by atoms with van der Waals surface area (Å²) in [7, 11) is 0. The Morgan fingerprint density at radius 1 is 1.07 bits per heavy atom. The maximum Gasteiger partial charge on any atom is 0.471 e. The van der Waals surface area contributed by atoms with E-state index in [9.17, 15) is 22.8 Å². The lowest BCUT2D eigenvalue weighted by Gasteiger charge is -2.23. The molecule has 0 unspecified atom stereocenters. The van der Waals surface area contributed by atoms with Crippen LogP contribution >= 0.6 is 0 Å². The van der Waals surface area contributed by atoms with Gasteiger partial charge >= 0.3 is 12.1 Å². The van der Waals surface area contributed by atoms with E-state index in [1.807, 2.05) is 6.07 Å². The average molecular weight is 414 g/mol. The van der Waals surface area contributed by atoms with Gasteiger partial charge in [-0.1, -0.05) is 73.4 Å². The second kappa shape index (κ2) is 10.9. The van der Waals surface area contributed by atoms with Crippen LogP contribution in [0, 0.1) is 11.8 Å². The Morgan fingerprint density at radius 2 is 1.73 bits per heavy atom. The van der Waals surface area contributed by atoms with Gasteiger partial charge in [0.25, 0.3) is 0 Å². The lowest BCUT2D eigenvalue weighted by Crippen LogP contribution is -2.41. The van der Waals surface area contributed by atoms with Crippen LogP contribution in [0.25, 0.3) is 6.08 Å². The van der Waals surface area contributed by atoms with Crippen molar-refractivity contribution in [2.75, 3.05) is 18.0 Å². The number of hydrogen-bond donors (Lipinski definition) is 1. The SMILES string of the molecule is CCC(=O)NCC#Cc1ccccc1N(C/C=C/c1ccccc1)C(=O)C(F)(F)F. The minimum absolute atomic E-state index is 0.0480. The molecule has 0 aliphatic rings. The second-order valence-corrected chi connectivity index (χ2v) is 6.18. The third kappa shape index (κ3) is 6.82. The van der Waals surface area contributed by atoms with E-state index in [4.69, 9.17) is 0 Å². The Hall–Kier alpha value is -3.53. The number of para-hydroxylation sites is 1. The van der Waals surface area contributed by atoms with Crippen molar-refractivity contribution in [3.05, 3.63) is 71.8 Å². The van der Waals surface area contributed by atoms with Crippen LogP contribution in [0.1, 0.15) is 24.5 Å². The molecular formula is C23H21F3N2O2. The highest BCUT2D eigenvalue weighted by molar-refractivity contribution is 5.98. The van der Waals surface area contributed by atoms with Gasteiger partial charge in [0.15, 0.2) is 0 Å². The summed E-state index contributed by atoms with van der Waals surface area (Å²) >= 11 is 0. The zero-order valence-corrected chi connectivity index (χ0v) is 16.4. The minimum atomic E-state index is -5.03. The van der Waals surface area contributed by atoms with Crippen LogP contribution in [0.4, 0.5) is 18.9 Å². The van der Waals surface area contributed by atoms with Gasteiger partial charge in [0.2, 0.25) is 5.91 Å². The molecular weight excluding hydrogens is 393 g/mol. The summed E-state index contributed by atoms with van der Waals surface area (Å²) in [4.78, 5) is 24.0. The van der Waals surface area contributed by atoms with Gasteiger partial charge in [0, 0.05) is 18.5 Å². The summed E-state index contributed by atoms with van der Waals surface area (Å²) < 4.78 is 39.6. The molecule has 2 amide bonds. The Bertz CT molecular complexity index is 958. The van der Waals surface area contributed by atoms with Gasteiger partial charge in [-0.25, -0.2) is 0 Å². The molecule has 1 N–H and O–H groups in total. The van der Waals surface area contributed by atoms with Crippen LogP contribution in [0.2, 0.25) is 0 Å². The van der Waals surface area contributed by atoms with Crippen molar-refractivity contribution < 1.29 is 22.8 Å². The normalized spacial score (nSPS) is 10.9. The van der Waals surface area contributed by atoms with Crippen LogP contribution in [-0.4, -0.2) is 31.1 Å². The number of alkyl halides is 3. The topological polar surface area (TPSA) is 49.4 Å². The van der Waals surface area contributed by atoms with Gasteiger partial charge < -0.3 is 5.32 Å². The molecule has 4 nitrogen and oxygen atoms in total. The molecule has 2 rings (SSSR count). The Balaban J connectivity index is 2.30. The highest BCUT2D eigenvalue weighted by Crippen LogP contribution is 2.26. The molecule has 0 radical (unpaired) electrons. The number of carbonyl (C=O) groups is 2. The Labute approximate surface area is 173 Å². The summed E-state index contributed by atoms with van der Waals surface area (Å²) in [5, 5.41) is 2.57. The molecule has 0 saturated carbocycles. The first-order valence-electron chi connectivity index (χ1n) is 9.27. The number of anilines is 1. The quantitative estimate of drug-likeness (QED) is 0.722. The zero-order valence-electron chi connectivity index (χ0n) is 16.4. The molecule has 30 heavy (non-hydrogen) atoms. The molecule has 156 valence electrons. The molecule has 0 aliphatic carbocycles. The van der Waals surface area contributed by atoms with Crippen LogP contribution in [0.15, 0.2) is 60.7 Å². The van der Waals surface area contributed by atoms with E-state index < -0.39 is 12.1 Å². The lowest BCUT2D eigenvalue weighted by atomic mass is 10.1. The van der Waals surface area contributed by atoms with Gasteiger partial charge in [0.05, 0.1) is 12.2 Å². The average Bonchev–Trinajstić information content (AvgIpc) is 2.74. The number of amides is 2. The van der Waals surface area contributed by atoms with Gasteiger partial charge in [0.1, 0.15) is 0 Å². The third-order valence-corrected chi connectivity index (χ3v) is 4.00. The number of nitrogens with zero attached hydrogens (tertiary/aromatic N) is 1. The van der Waals surface area contributed by atoms with Gasteiger partial charge in [-0.15, -0.1) is 0 Å².